The van der Waals surface area contributed by atoms with E-state index in [-0.39, 0.29) is 5.41 Å². The summed E-state index contributed by atoms with van der Waals surface area (Å²) in [5.74, 6) is 0.832. The molecule has 0 aromatic carbocycles. The van der Waals surface area contributed by atoms with Crippen LogP contribution >= 0.6 is 0 Å². The van der Waals surface area contributed by atoms with Crippen LogP contribution in [-0.4, -0.2) is 15.0 Å². The molecule has 1 saturated carbocycles. The van der Waals surface area contributed by atoms with E-state index in [0.717, 1.165) is 30.9 Å². The molecule has 0 N–H and O–H groups in total. The van der Waals surface area contributed by atoms with Gasteiger partial charge in [-0.1, -0.05) is 25.0 Å². The van der Waals surface area contributed by atoms with Gasteiger partial charge in [0, 0.05) is 19.7 Å². The molecular weight excluding hydrogens is 224 g/mol. The first-order valence-corrected chi connectivity index (χ1v) is 6.94. The monoisotopic (exact) mass is 246 g/mol. The molecule has 4 heteroatoms. The van der Waals surface area contributed by atoms with Crippen molar-refractivity contribution in [1.29, 1.82) is 5.26 Å². The predicted octanol–water partition coefficient (Wildman–Crippen LogP) is 2.86. The lowest BCUT2D eigenvalue weighted by Crippen LogP contribution is -2.28. The Morgan fingerprint density at radius 2 is 2.22 bits per heavy atom. The lowest BCUT2D eigenvalue weighted by atomic mass is 9.68. The van der Waals surface area contributed by atoms with Gasteiger partial charge in [0.25, 0.3) is 0 Å². The van der Waals surface area contributed by atoms with Gasteiger partial charge in [-0.2, -0.15) is 5.26 Å². The summed E-state index contributed by atoms with van der Waals surface area (Å²) in [6, 6.07) is 2.56. The number of nitrogens with zero attached hydrogens (tertiary/aromatic N) is 4. The van der Waals surface area contributed by atoms with Gasteiger partial charge in [0.1, 0.15) is 0 Å². The van der Waals surface area contributed by atoms with Crippen molar-refractivity contribution in [2.75, 3.05) is 0 Å². The van der Waals surface area contributed by atoms with E-state index in [4.69, 9.17) is 0 Å². The standard InChI is InChI=1S/C14H22N4/c1-3-4-12-5-7-14(11-15,8-6-12)9-13-10-18(2)17-16-13/h10,12H,3-9H2,1-2H3. The summed E-state index contributed by atoms with van der Waals surface area (Å²) in [4.78, 5) is 0. The van der Waals surface area contributed by atoms with Gasteiger partial charge in [-0.3, -0.25) is 4.68 Å². The molecule has 2 rings (SSSR count). The SMILES string of the molecule is CCCC1CCC(C#N)(Cc2cn(C)nn2)CC1. The van der Waals surface area contributed by atoms with Crippen LogP contribution in [0.3, 0.4) is 0 Å². The molecule has 0 radical (unpaired) electrons. The highest BCUT2D eigenvalue weighted by Gasteiger charge is 2.36. The van der Waals surface area contributed by atoms with E-state index >= 15 is 0 Å². The van der Waals surface area contributed by atoms with Crippen molar-refractivity contribution in [3.8, 4) is 6.07 Å². The molecule has 0 spiro atoms. The van der Waals surface area contributed by atoms with E-state index in [2.05, 4.69) is 23.3 Å². The normalized spacial score (nSPS) is 27.9. The van der Waals surface area contributed by atoms with Crippen molar-refractivity contribution < 1.29 is 0 Å². The first-order chi connectivity index (χ1) is 8.67. The van der Waals surface area contributed by atoms with E-state index in [9.17, 15) is 5.26 Å². The zero-order chi connectivity index (χ0) is 13.0. The van der Waals surface area contributed by atoms with Crippen LogP contribution in [0.1, 0.15) is 51.1 Å². The van der Waals surface area contributed by atoms with Crippen molar-refractivity contribution in [2.45, 2.75) is 51.9 Å². The molecule has 1 aliphatic carbocycles. The Morgan fingerprint density at radius 1 is 1.50 bits per heavy atom. The van der Waals surface area contributed by atoms with Crippen molar-refractivity contribution in [3.63, 3.8) is 0 Å². The zero-order valence-corrected chi connectivity index (χ0v) is 11.4. The number of nitriles is 1. The summed E-state index contributed by atoms with van der Waals surface area (Å²) in [5, 5.41) is 17.6. The first kappa shape index (κ1) is 13.1. The molecule has 1 aliphatic rings. The van der Waals surface area contributed by atoms with Crippen LogP contribution < -0.4 is 0 Å². The maximum absolute atomic E-state index is 9.52. The lowest BCUT2D eigenvalue weighted by molar-refractivity contribution is 0.199. The maximum atomic E-state index is 9.52. The summed E-state index contributed by atoms with van der Waals surface area (Å²) >= 11 is 0. The quantitative estimate of drug-likeness (QED) is 0.820. The molecular formula is C14H22N4. The molecule has 0 unspecified atom stereocenters. The summed E-state index contributed by atoms with van der Waals surface area (Å²) < 4.78 is 1.71. The number of hydrogen-bond donors (Lipinski definition) is 0. The summed E-state index contributed by atoms with van der Waals surface area (Å²) in [5.41, 5.74) is 0.758. The van der Waals surface area contributed by atoms with Gasteiger partial charge in [0.05, 0.1) is 17.2 Å². The highest BCUT2D eigenvalue weighted by molar-refractivity contribution is 5.09. The fraction of sp³-hybridized carbons (Fsp3) is 0.786. The van der Waals surface area contributed by atoms with Gasteiger partial charge < -0.3 is 0 Å². The number of hydrogen-bond acceptors (Lipinski definition) is 3. The van der Waals surface area contributed by atoms with Crippen molar-refractivity contribution in [3.05, 3.63) is 11.9 Å². The van der Waals surface area contributed by atoms with Crippen molar-refractivity contribution >= 4 is 0 Å². The van der Waals surface area contributed by atoms with Gasteiger partial charge in [-0.05, 0) is 31.6 Å². The predicted molar refractivity (Wildman–Crippen MR) is 69.6 cm³/mol. The third-order valence-electron chi connectivity index (χ3n) is 4.17. The number of aromatic nitrogens is 3. The van der Waals surface area contributed by atoms with E-state index in [1.165, 1.54) is 25.7 Å². The molecule has 18 heavy (non-hydrogen) atoms. The molecule has 1 heterocycles. The van der Waals surface area contributed by atoms with E-state index in [1.54, 1.807) is 4.68 Å². The average Bonchev–Trinajstić information content (AvgIpc) is 2.78. The van der Waals surface area contributed by atoms with E-state index in [0.29, 0.717) is 0 Å². The Kier molecular flexibility index (Phi) is 4.00. The Labute approximate surface area is 109 Å². The zero-order valence-electron chi connectivity index (χ0n) is 11.4. The molecule has 0 saturated heterocycles. The minimum atomic E-state index is -0.194. The number of rotatable bonds is 4. The highest BCUT2D eigenvalue weighted by Crippen LogP contribution is 2.42. The van der Waals surface area contributed by atoms with Gasteiger partial charge in [0.15, 0.2) is 0 Å². The van der Waals surface area contributed by atoms with Crippen molar-refractivity contribution in [2.24, 2.45) is 18.4 Å². The van der Waals surface area contributed by atoms with Crippen molar-refractivity contribution in [1.82, 2.24) is 15.0 Å². The van der Waals surface area contributed by atoms with Crippen LogP contribution in [0.2, 0.25) is 0 Å². The summed E-state index contributed by atoms with van der Waals surface area (Å²) in [7, 11) is 1.87. The summed E-state index contributed by atoms with van der Waals surface area (Å²) in [6.07, 6.45) is 9.69. The molecule has 0 atom stereocenters. The molecule has 1 aromatic heterocycles. The maximum Gasteiger partial charge on any atom is 0.0842 e. The molecule has 0 amide bonds. The van der Waals surface area contributed by atoms with Gasteiger partial charge >= 0.3 is 0 Å². The van der Waals surface area contributed by atoms with E-state index < -0.39 is 0 Å². The second-order valence-electron chi connectivity index (χ2n) is 5.68. The van der Waals surface area contributed by atoms with Gasteiger partial charge in [0.2, 0.25) is 0 Å². The second-order valence-corrected chi connectivity index (χ2v) is 5.68. The molecule has 0 aliphatic heterocycles. The fourth-order valence-electron chi connectivity index (χ4n) is 3.08. The van der Waals surface area contributed by atoms with Crippen LogP contribution in [0.5, 0.6) is 0 Å². The van der Waals surface area contributed by atoms with Gasteiger partial charge in [-0.25, -0.2) is 0 Å². The largest absolute Gasteiger partial charge is 0.255 e. The minimum Gasteiger partial charge on any atom is -0.255 e. The van der Waals surface area contributed by atoms with Crippen LogP contribution in [0.4, 0.5) is 0 Å². The fourth-order valence-corrected chi connectivity index (χ4v) is 3.08. The van der Waals surface area contributed by atoms with Crippen LogP contribution in [0.25, 0.3) is 0 Å². The third kappa shape index (κ3) is 2.90. The minimum absolute atomic E-state index is 0.194. The molecule has 1 aromatic rings. The molecule has 0 bridgehead atoms. The summed E-state index contributed by atoms with van der Waals surface area (Å²) in [6.45, 7) is 2.24. The van der Waals surface area contributed by atoms with E-state index in [1.807, 2.05) is 13.2 Å². The van der Waals surface area contributed by atoms with Gasteiger partial charge in [-0.15, -0.1) is 5.10 Å². The van der Waals surface area contributed by atoms with Crippen LogP contribution in [0, 0.1) is 22.7 Å². The Balaban J connectivity index is 1.99. The van der Waals surface area contributed by atoms with Crippen LogP contribution in [-0.2, 0) is 13.5 Å². The highest BCUT2D eigenvalue weighted by atomic mass is 15.4. The average molecular weight is 246 g/mol. The smallest absolute Gasteiger partial charge is 0.0842 e. The lowest BCUT2D eigenvalue weighted by Gasteiger charge is -2.34. The Hall–Kier alpha value is -1.37. The number of aryl methyl sites for hydroxylation is 1. The Bertz CT molecular complexity index is 421. The second kappa shape index (κ2) is 5.51. The third-order valence-corrected chi connectivity index (χ3v) is 4.17. The first-order valence-electron chi connectivity index (χ1n) is 6.94. The van der Waals surface area contributed by atoms with Crippen LogP contribution in [0.15, 0.2) is 6.20 Å². The molecule has 1 fully saturated rings. The molecule has 4 nitrogen and oxygen atoms in total. The Morgan fingerprint density at radius 3 is 2.72 bits per heavy atom. The topological polar surface area (TPSA) is 54.5 Å². The molecule has 98 valence electrons.